The Kier molecular flexibility index (Phi) is 5.00. The van der Waals surface area contributed by atoms with E-state index in [1.54, 1.807) is 11.3 Å². The molecule has 0 radical (unpaired) electrons. The fourth-order valence-corrected chi connectivity index (χ4v) is 3.84. The van der Waals surface area contributed by atoms with Gasteiger partial charge in [0, 0.05) is 11.1 Å². The minimum Gasteiger partial charge on any atom is -0.314 e. The molecule has 0 bridgehead atoms. The first-order chi connectivity index (χ1) is 11.6. The van der Waals surface area contributed by atoms with Crippen LogP contribution in [0.5, 0.6) is 0 Å². The van der Waals surface area contributed by atoms with E-state index in [1.165, 1.54) is 16.8 Å². The lowest BCUT2D eigenvalue weighted by Crippen LogP contribution is -2.20. The van der Waals surface area contributed by atoms with Gasteiger partial charge < -0.3 is 4.57 Å². The van der Waals surface area contributed by atoms with E-state index in [2.05, 4.69) is 92.2 Å². The summed E-state index contributed by atoms with van der Waals surface area (Å²) in [6.07, 6.45) is 0. The van der Waals surface area contributed by atoms with Crippen molar-refractivity contribution in [3.63, 3.8) is 0 Å². The van der Waals surface area contributed by atoms with Crippen molar-refractivity contribution < 1.29 is 0 Å². The van der Waals surface area contributed by atoms with Gasteiger partial charge in [0.05, 0.1) is 11.7 Å². The van der Waals surface area contributed by atoms with E-state index in [1.807, 2.05) is 0 Å². The van der Waals surface area contributed by atoms with Crippen molar-refractivity contribution in [3.8, 4) is 0 Å². The highest BCUT2D eigenvalue weighted by Gasteiger charge is 2.11. The molecule has 0 saturated heterocycles. The first-order valence-electron chi connectivity index (χ1n) is 8.42. The third kappa shape index (κ3) is 3.51. The van der Waals surface area contributed by atoms with Gasteiger partial charge in [-0.1, -0.05) is 56.3 Å². The zero-order chi connectivity index (χ0) is 17.1. The second kappa shape index (κ2) is 7.18. The SMILES string of the molecule is Cc1csc(=Nc2ccc(C(C)C)cc2)n1C(C)c1ccccc1. The summed E-state index contributed by atoms with van der Waals surface area (Å²) in [4.78, 5) is 5.93. The maximum absolute atomic E-state index is 4.89. The molecule has 2 nitrogen and oxygen atoms in total. The van der Waals surface area contributed by atoms with E-state index in [0.29, 0.717) is 5.92 Å². The van der Waals surface area contributed by atoms with E-state index < -0.39 is 0 Å². The maximum Gasteiger partial charge on any atom is 0.190 e. The summed E-state index contributed by atoms with van der Waals surface area (Å²) >= 11 is 1.70. The summed E-state index contributed by atoms with van der Waals surface area (Å²) in [5, 5.41) is 2.18. The zero-order valence-electron chi connectivity index (χ0n) is 14.7. The summed E-state index contributed by atoms with van der Waals surface area (Å²) in [6, 6.07) is 19.4. The van der Waals surface area contributed by atoms with Gasteiger partial charge in [-0.25, -0.2) is 4.99 Å². The van der Waals surface area contributed by atoms with E-state index in [-0.39, 0.29) is 6.04 Å². The summed E-state index contributed by atoms with van der Waals surface area (Å²) in [5.41, 5.74) is 4.90. The monoisotopic (exact) mass is 336 g/mol. The molecular formula is C21H24N2S. The largest absolute Gasteiger partial charge is 0.314 e. The van der Waals surface area contributed by atoms with Gasteiger partial charge in [-0.15, -0.1) is 11.3 Å². The van der Waals surface area contributed by atoms with Crippen LogP contribution in [0.1, 0.15) is 49.6 Å². The van der Waals surface area contributed by atoms with Crippen molar-refractivity contribution in [2.45, 2.75) is 39.7 Å². The van der Waals surface area contributed by atoms with Crippen LogP contribution >= 0.6 is 11.3 Å². The van der Waals surface area contributed by atoms with Gasteiger partial charge in [-0.3, -0.25) is 0 Å². The summed E-state index contributed by atoms with van der Waals surface area (Å²) in [6.45, 7) is 8.81. The molecule has 0 amide bonds. The number of hydrogen-bond acceptors (Lipinski definition) is 2. The van der Waals surface area contributed by atoms with Gasteiger partial charge in [0.2, 0.25) is 0 Å². The highest BCUT2D eigenvalue weighted by molar-refractivity contribution is 7.07. The Bertz CT molecular complexity index is 855. The number of benzene rings is 2. The van der Waals surface area contributed by atoms with Gasteiger partial charge in [-0.2, -0.15) is 0 Å². The second-order valence-corrected chi connectivity index (χ2v) is 7.31. The van der Waals surface area contributed by atoms with Gasteiger partial charge in [0.15, 0.2) is 4.80 Å². The summed E-state index contributed by atoms with van der Waals surface area (Å²) in [7, 11) is 0. The van der Waals surface area contributed by atoms with Crippen LogP contribution in [0.3, 0.4) is 0 Å². The van der Waals surface area contributed by atoms with Crippen LogP contribution in [0.15, 0.2) is 65.0 Å². The molecule has 1 aromatic heterocycles. The fraction of sp³-hybridized carbons (Fsp3) is 0.286. The molecule has 1 unspecified atom stereocenters. The molecule has 1 heterocycles. The first-order valence-corrected chi connectivity index (χ1v) is 9.30. The molecule has 0 N–H and O–H groups in total. The van der Waals surface area contributed by atoms with Crippen LogP contribution < -0.4 is 4.80 Å². The minimum atomic E-state index is 0.270. The number of aromatic nitrogens is 1. The lowest BCUT2D eigenvalue weighted by atomic mass is 10.0. The number of rotatable bonds is 4. The third-order valence-electron chi connectivity index (χ3n) is 4.37. The molecule has 2 aromatic carbocycles. The molecule has 124 valence electrons. The average molecular weight is 337 g/mol. The molecule has 24 heavy (non-hydrogen) atoms. The Morgan fingerprint density at radius 2 is 1.54 bits per heavy atom. The Labute approximate surface area is 148 Å². The maximum atomic E-state index is 4.89. The Balaban J connectivity index is 2.00. The van der Waals surface area contributed by atoms with Crippen molar-refractivity contribution in [1.82, 2.24) is 4.57 Å². The number of aryl methyl sites for hydroxylation is 1. The fourth-order valence-electron chi connectivity index (χ4n) is 2.88. The Morgan fingerprint density at radius 1 is 0.875 bits per heavy atom. The van der Waals surface area contributed by atoms with Crippen LogP contribution in [0.2, 0.25) is 0 Å². The van der Waals surface area contributed by atoms with Gasteiger partial charge in [-0.05, 0) is 43.0 Å². The van der Waals surface area contributed by atoms with Crippen LogP contribution in [-0.4, -0.2) is 4.57 Å². The van der Waals surface area contributed by atoms with Gasteiger partial charge in [0.1, 0.15) is 0 Å². The third-order valence-corrected chi connectivity index (χ3v) is 5.33. The molecule has 3 rings (SSSR count). The number of hydrogen-bond donors (Lipinski definition) is 0. The van der Waals surface area contributed by atoms with E-state index in [4.69, 9.17) is 4.99 Å². The van der Waals surface area contributed by atoms with Crippen molar-refractivity contribution in [2.24, 2.45) is 4.99 Å². The highest BCUT2D eigenvalue weighted by Crippen LogP contribution is 2.21. The van der Waals surface area contributed by atoms with Crippen LogP contribution in [0, 0.1) is 6.92 Å². The lowest BCUT2D eigenvalue weighted by Gasteiger charge is -2.16. The minimum absolute atomic E-state index is 0.270. The lowest BCUT2D eigenvalue weighted by molar-refractivity contribution is 0.605. The van der Waals surface area contributed by atoms with E-state index in [0.717, 1.165) is 10.5 Å². The van der Waals surface area contributed by atoms with Crippen LogP contribution in [0.25, 0.3) is 0 Å². The Morgan fingerprint density at radius 3 is 2.17 bits per heavy atom. The van der Waals surface area contributed by atoms with Crippen molar-refractivity contribution >= 4 is 17.0 Å². The van der Waals surface area contributed by atoms with E-state index in [9.17, 15) is 0 Å². The average Bonchev–Trinajstić information content (AvgIpc) is 2.96. The van der Waals surface area contributed by atoms with Crippen molar-refractivity contribution in [1.29, 1.82) is 0 Å². The number of nitrogens with zero attached hydrogens (tertiary/aromatic N) is 2. The van der Waals surface area contributed by atoms with Gasteiger partial charge in [0.25, 0.3) is 0 Å². The zero-order valence-corrected chi connectivity index (χ0v) is 15.5. The normalized spacial score (nSPS) is 13.5. The number of thiazole rings is 1. The van der Waals surface area contributed by atoms with E-state index >= 15 is 0 Å². The van der Waals surface area contributed by atoms with Crippen molar-refractivity contribution in [2.75, 3.05) is 0 Å². The highest BCUT2D eigenvalue weighted by atomic mass is 32.1. The molecule has 0 aliphatic carbocycles. The quantitative estimate of drug-likeness (QED) is 0.571. The molecule has 0 fully saturated rings. The summed E-state index contributed by atoms with van der Waals surface area (Å²) < 4.78 is 2.32. The van der Waals surface area contributed by atoms with Crippen molar-refractivity contribution in [3.05, 3.63) is 81.6 Å². The van der Waals surface area contributed by atoms with Crippen LogP contribution in [-0.2, 0) is 0 Å². The molecule has 0 aliphatic heterocycles. The Hall–Kier alpha value is -2.13. The molecule has 0 aliphatic rings. The molecule has 3 aromatic rings. The smallest absolute Gasteiger partial charge is 0.190 e. The predicted octanol–water partition coefficient (Wildman–Crippen LogP) is 5.82. The topological polar surface area (TPSA) is 17.3 Å². The molecule has 0 saturated carbocycles. The molecule has 3 heteroatoms. The molecular weight excluding hydrogens is 312 g/mol. The molecule has 0 spiro atoms. The standard InChI is InChI=1S/C21H24N2S/c1-15(2)18-10-12-20(13-11-18)22-21-23(16(3)14-24-21)17(4)19-8-6-5-7-9-19/h5-15,17H,1-4H3. The first kappa shape index (κ1) is 16.7. The van der Waals surface area contributed by atoms with Gasteiger partial charge >= 0.3 is 0 Å². The second-order valence-electron chi connectivity index (χ2n) is 6.47. The molecule has 1 atom stereocenters. The van der Waals surface area contributed by atoms with Crippen LogP contribution in [0.4, 0.5) is 5.69 Å². The predicted molar refractivity (Wildman–Crippen MR) is 103 cm³/mol. The summed E-state index contributed by atoms with van der Waals surface area (Å²) in [5.74, 6) is 0.547.